The fourth-order valence-corrected chi connectivity index (χ4v) is 1.32. The first kappa shape index (κ1) is 13.5. The van der Waals surface area contributed by atoms with Crippen molar-refractivity contribution in [1.29, 1.82) is 0 Å². The summed E-state index contributed by atoms with van der Waals surface area (Å²) in [5.41, 5.74) is 1.05. The minimum atomic E-state index is -3.75. The second-order valence-corrected chi connectivity index (χ2v) is 4.10. The van der Waals surface area contributed by atoms with Crippen LogP contribution < -0.4 is 0 Å². The maximum absolute atomic E-state index is 12.6. The zero-order valence-electron chi connectivity index (χ0n) is 8.51. The summed E-state index contributed by atoms with van der Waals surface area (Å²) in [6.45, 7) is -0.173. The first-order chi connectivity index (χ1) is 7.52. The minimum absolute atomic E-state index is 0.173. The second kappa shape index (κ2) is 6.25. The van der Waals surface area contributed by atoms with Crippen LogP contribution >= 0.6 is 15.9 Å². The van der Waals surface area contributed by atoms with Gasteiger partial charge in [0.1, 0.15) is 0 Å². The quantitative estimate of drug-likeness (QED) is 0.571. The molecule has 16 heavy (non-hydrogen) atoms. The van der Waals surface area contributed by atoms with E-state index in [2.05, 4.69) is 20.7 Å². The average molecular weight is 297 g/mol. The van der Waals surface area contributed by atoms with Crippen LogP contribution in [-0.2, 0) is 11.2 Å². The highest BCUT2D eigenvalue weighted by Crippen LogP contribution is 2.27. The van der Waals surface area contributed by atoms with Crippen molar-refractivity contribution in [2.45, 2.75) is 24.0 Å². The molecule has 0 radical (unpaired) electrons. The first-order valence-electron chi connectivity index (χ1n) is 4.86. The van der Waals surface area contributed by atoms with Gasteiger partial charge in [-0.1, -0.05) is 30.3 Å². The van der Waals surface area contributed by atoms with Crippen LogP contribution in [0.2, 0.25) is 0 Å². The Morgan fingerprint density at radius 3 is 2.44 bits per heavy atom. The second-order valence-electron chi connectivity index (χ2n) is 3.30. The number of hydrogen-bond acceptors (Lipinski definition) is 1. The maximum atomic E-state index is 12.6. The number of hydrogen-bond donors (Lipinski definition) is 0. The van der Waals surface area contributed by atoms with Crippen molar-refractivity contribution in [2.75, 3.05) is 6.61 Å². The predicted octanol–water partition coefficient (Wildman–Crippen LogP) is 3.92. The molecule has 0 heterocycles. The molecule has 0 aliphatic carbocycles. The molecule has 0 spiro atoms. The van der Waals surface area contributed by atoms with Crippen molar-refractivity contribution < 1.29 is 17.9 Å². The Kier molecular flexibility index (Phi) is 5.28. The summed E-state index contributed by atoms with van der Waals surface area (Å²) in [4.78, 5) is 0. The summed E-state index contributed by atoms with van der Waals surface area (Å²) in [5, 5.41) is -2.46. The Morgan fingerprint density at radius 2 is 1.88 bits per heavy atom. The minimum Gasteiger partial charge on any atom is -0.317 e. The molecular weight excluding hydrogens is 285 g/mol. The molecule has 5 heteroatoms. The van der Waals surface area contributed by atoms with E-state index in [1.165, 1.54) is 0 Å². The van der Waals surface area contributed by atoms with Crippen LogP contribution in [0.1, 0.15) is 12.0 Å². The third-order valence-electron chi connectivity index (χ3n) is 2.00. The lowest BCUT2D eigenvalue weighted by molar-refractivity contribution is -0.253. The lowest BCUT2D eigenvalue weighted by atomic mass is 10.1. The molecule has 0 saturated carbocycles. The highest BCUT2D eigenvalue weighted by atomic mass is 79.9. The summed E-state index contributed by atoms with van der Waals surface area (Å²) in [6.07, 6.45) is -2.69. The van der Waals surface area contributed by atoms with E-state index < -0.39 is 11.2 Å². The number of halogens is 4. The van der Waals surface area contributed by atoms with E-state index in [1.807, 2.05) is 30.3 Å². The molecule has 0 aromatic heterocycles. The van der Waals surface area contributed by atoms with E-state index in [0.29, 0.717) is 12.8 Å². The van der Waals surface area contributed by atoms with Gasteiger partial charge in [-0.2, -0.15) is 8.78 Å². The van der Waals surface area contributed by atoms with E-state index in [9.17, 15) is 13.2 Å². The smallest absolute Gasteiger partial charge is 0.317 e. The normalized spacial score (nSPS) is 13.8. The molecule has 0 aliphatic rings. The standard InChI is InChI=1S/C11H12BrF3O/c12-10(13)11(14,15)16-8-4-7-9-5-2-1-3-6-9/h1-3,5-6,10H,4,7-8H2. The Bertz CT molecular complexity index is 303. The molecule has 0 fully saturated rings. The molecule has 0 bridgehead atoms. The van der Waals surface area contributed by atoms with Crippen molar-refractivity contribution in [3.8, 4) is 0 Å². The number of ether oxygens (including phenoxy) is 1. The third-order valence-corrected chi connectivity index (χ3v) is 2.53. The molecule has 0 N–H and O–H groups in total. The third kappa shape index (κ3) is 4.53. The van der Waals surface area contributed by atoms with Crippen LogP contribution in [-0.4, -0.2) is 17.8 Å². The van der Waals surface area contributed by atoms with Gasteiger partial charge in [0.15, 0.2) is 0 Å². The Labute approximate surface area is 101 Å². The summed E-state index contributed by atoms with van der Waals surface area (Å²) in [7, 11) is 0. The van der Waals surface area contributed by atoms with Crippen LogP contribution in [0.5, 0.6) is 0 Å². The van der Waals surface area contributed by atoms with Crippen LogP contribution in [0.15, 0.2) is 30.3 Å². The SMILES string of the molecule is FC(Br)C(F)(F)OCCCc1ccccc1. The van der Waals surface area contributed by atoms with E-state index in [1.54, 1.807) is 0 Å². The van der Waals surface area contributed by atoms with Crippen molar-refractivity contribution in [2.24, 2.45) is 0 Å². The molecular formula is C11H12BrF3O. The summed E-state index contributed by atoms with van der Waals surface area (Å²) in [5.74, 6) is 0. The van der Waals surface area contributed by atoms with Gasteiger partial charge >= 0.3 is 6.11 Å². The molecule has 1 rings (SSSR count). The fraction of sp³-hybridized carbons (Fsp3) is 0.455. The molecule has 0 saturated heterocycles. The number of alkyl halides is 4. The van der Waals surface area contributed by atoms with Gasteiger partial charge in [-0.25, -0.2) is 4.39 Å². The topological polar surface area (TPSA) is 9.23 Å². The van der Waals surface area contributed by atoms with Gasteiger partial charge in [-0.15, -0.1) is 0 Å². The van der Waals surface area contributed by atoms with Crippen LogP contribution in [0, 0.1) is 0 Å². The van der Waals surface area contributed by atoms with Crippen molar-refractivity contribution in [3.05, 3.63) is 35.9 Å². The number of benzene rings is 1. The molecule has 1 aromatic rings. The van der Waals surface area contributed by atoms with Gasteiger partial charge in [0, 0.05) is 0 Å². The Morgan fingerprint density at radius 1 is 1.25 bits per heavy atom. The van der Waals surface area contributed by atoms with Gasteiger partial charge < -0.3 is 4.74 Å². The zero-order valence-corrected chi connectivity index (χ0v) is 10.1. The average Bonchev–Trinajstić information content (AvgIpc) is 2.26. The fourth-order valence-electron chi connectivity index (χ4n) is 1.19. The largest absolute Gasteiger partial charge is 0.396 e. The Balaban J connectivity index is 2.22. The molecule has 1 aromatic carbocycles. The summed E-state index contributed by atoms with van der Waals surface area (Å²) < 4.78 is 41.7. The van der Waals surface area contributed by atoms with Gasteiger partial charge in [0.05, 0.1) is 6.61 Å². The van der Waals surface area contributed by atoms with Gasteiger partial charge in [0.25, 0.3) is 0 Å². The van der Waals surface area contributed by atoms with Gasteiger partial charge in [0.2, 0.25) is 5.08 Å². The number of rotatable bonds is 6. The molecule has 1 unspecified atom stereocenters. The van der Waals surface area contributed by atoms with Gasteiger partial charge in [-0.05, 0) is 34.3 Å². The molecule has 1 atom stereocenters. The highest BCUT2D eigenvalue weighted by molar-refractivity contribution is 9.09. The van der Waals surface area contributed by atoms with Crippen molar-refractivity contribution in [3.63, 3.8) is 0 Å². The van der Waals surface area contributed by atoms with E-state index >= 15 is 0 Å². The Hall–Kier alpha value is -0.550. The van der Waals surface area contributed by atoms with E-state index in [4.69, 9.17) is 0 Å². The van der Waals surface area contributed by atoms with Crippen LogP contribution in [0.25, 0.3) is 0 Å². The van der Waals surface area contributed by atoms with Crippen molar-refractivity contribution >= 4 is 15.9 Å². The van der Waals surface area contributed by atoms with E-state index in [-0.39, 0.29) is 6.61 Å². The van der Waals surface area contributed by atoms with Crippen LogP contribution in [0.3, 0.4) is 0 Å². The lowest BCUT2D eigenvalue weighted by Gasteiger charge is -2.16. The first-order valence-corrected chi connectivity index (χ1v) is 5.78. The summed E-state index contributed by atoms with van der Waals surface area (Å²) in [6, 6.07) is 9.44. The maximum Gasteiger partial charge on any atom is 0.396 e. The molecule has 90 valence electrons. The van der Waals surface area contributed by atoms with Crippen molar-refractivity contribution in [1.82, 2.24) is 0 Å². The summed E-state index contributed by atoms with van der Waals surface area (Å²) >= 11 is 2.15. The number of aryl methyl sites for hydroxylation is 1. The van der Waals surface area contributed by atoms with Crippen LogP contribution in [0.4, 0.5) is 13.2 Å². The monoisotopic (exact) mass is 296 g/mol. The van der Waals surface area contributed by atoms with Gasteiger partial charge in [-0.3, -0.25) is 0 Å². The molecule has 0 aliphatic heterocycles. The molecule has 1 nitrogen and oxygen atoms in total. The highest BCUT2D eigenvalue weighted by Gasteiger charge is 2.39. The van der Waals surface area contributed by atoms with E-state index in [0.717, 1.165) is 5.56 Å². The zero-order chi connectivity index (χ0) is 12.0. The predicted molar refractivity (Wildman–Crippen MR) is 59.5 cm³/mol. The lowest BCUT2D eigenvalue weighted by Crippen LogP contribution is -2.29. The molecule has 0 amide bonds.